The second-order valence-electron chi connectivity index (χ2n) is 3.67. The summed E-state index contributed by atoms with van der Waals surface area (Å²) < 4.78 is 42.5. The largest absolute Gasteiger partial charge is 0.416 e. The molecule has 0 spiro atoms. The van der Waals surface area contributed by atoms with Gasteiger partial charge in [0.1, 0.15) is 0 Å². The van der Waals surface area contributed by atoms with Gasteiger partial charge in [-0.3, -0.25) is 0 Å². The van der Waals surface area contributed by atoms with Crippen molar-refractivity contribution in [2.45, 2.75) is 20.0 Å². The molecule has 6 heteroatoms. The number of nitrogens with zero attached hydrogens (tertiary/aromatic N) is 2. The lowest BCUT2D eigenvalue weighted by atomic mass is 10.0. The molecule has 0 saturated heterocycles. The van der Waals surface area contributed by atoms with E-state index >= 15 is 0 Å². The molecule has 0 fully saturated rings. The second-order valence-corrected chi connectivity index (χ2v) is 3.67. The molecule has 0 amide bonds. The lowest BCUT2D eigenvalue weighted by molar-refractivity contribution is -0.137. The molecule has 1 aromatic heterocycles. The van der Waals surface area contributed by atoms with Crippen LogP contribution in [0.25, 0.3) is 11.5 Å². The number of hydrogen-bond donors (Lipinski definition) is 0. The molecule has 3 nitrogen and oxygen atoms in total. The highest BCUT2D eigenvalue weighted by molar-refractivity contribution is 5.59. The number of hydrogen-bond acceptors (Lipinski definition) is 3. The fourth-order valence-corrected chi connectivity index (χ4v) is 1.44. The molecule has 0 atom stereocenters. The minimum atomic E-state index is -4.38. The smallest absolute Gasteiger partial charge is 0.334 e. The van der Waals surface area contributed by atoms with Gasteiger partial charge in [0.25, 0.3) is 5.89 Å². The van der Waals surface area contributed by atoms with Crippen LogP contribution >= 0.6 is 0 Å². The first-order valence-corrected chi connectivity index (χ1v) is 4.86. The summed E-state index contributed by atoms with van der Waals surface area (Å²) in [5, 5.41) is 3.56. The summed E-state index contributed by atoms with van der Waals surface area (Å²) in [5.74, 6) is 0.489. The van der Waals surface area contributed by atoms with Gasteiger partial charge in [0.2, 0.25) is 0 Å². The third-order valence-corrected chi connectivity index (χ3v) is 2.32. The Balaban J connectivity index is 2.54. The maximum Gasteiger partial charge on any atom is 0.416 e. The lowest BCUT2D eigenvalue weighted by Crippen LogP contribution is -2.05. The molecule has 2 rings (SSSR count). The van der Waals surface area contributed by atoms with Gasteiger partial charge in [-0.1, -0.05) is 11.2 Å². The predicted octanol–water partition coefficient (Wildman–Crippen LogP) is 3.37. The van der Waals surface area contributed by atoms with Crippen LogP contribution in [0.15, 0.2) is 22.7 Å². The molecule has 0 saturated carbocycles. The highest BCUT2D eigenvalue weighted by atomic mass is 19.4. The zero-order chi connectivity index (χ0) is 12.6. The Hall–Kier alpha value is -1.85. The maximum absolute atomic E-state index is 12.6. The molecule has 0 unspecified atom stereocenters. The summed E-state index contributed by atoms with van der Waals surface area (Å²) in [7, 11) is 0. The topological polar surface area (TPSA) is 38.9 Å². The van der Waals surface area contributed by atoms with Crippen molar-refractivity contribution in [2.24, 2.45) is 0 Å². The summed E-state index contributed by atoms with van der Waals surface area (Å²) in [4.78, 5) is 3.92. The fraction of sp³-hybridized carbons (Fsp3) is 0.273. The monoisotopic (exact) mass is 242 g/mol. The molecule has 0 aliphatic carbocycles. The minimum absolute atomic E-state index is 0.103. The number of alkyl halides is 3. The summed E-state index contributed by atoms with van der Waals surface area (Å²) in [6, 6.07) is 3.43. The molecule has 1 aromatic carbocycles. The van der Waals surface area contributed by atoms with Crippen molar-refractivity contribution in [3.05, 3.63) is 35.2 Å². The predicted molar refractivity (Wildman–Crippen MR) is 54.2 cm³/mol. The van der Waals surface area contributed by atoms with E-state index in [-0.39, 0.29) is 5.89 Å². The van der Waals surface area contributed by atoms with Crippen molar-refractivity contribution in [3.8, 4) is 11.5 Å². The number of benzene rings is 1. The van der Waals surface area contributed by atoms with Gasteiger partial charge in [0.05, 0.1) is 5.56 Å². The summed E-state index contributed by atoms with van der Waals surface area (Å²) >= 11 is 0. The molecule has 17 heavy (non-hydrogen) atoms. The van der Waals surface area contributed by atoms with Gasteiger partial charge < -0.3 is 4.52 Å². The first-order valence-electron chi connectivity index (χ1n) is 4.86. The van der Waals surface area contributed by atoms with Crippen LogP contribution in [-0.4, -0.2) is 10.1 Å². The molecular formula is C11H9F3N2O. The summed E-state index contributed by atoms with van der Waals surface area (Å²) in [6.07, 6.45) is -4.38. The van der Waals surface area contributed by atoms with E-state index in [0.717, 1.165) is 12.1 Å². The van der Waals surface area contributed by atoms with Crippen molar-refractivity contribution < 1.29 is 17.7 Å². The van der Waals surface area contributed by atoms with Crippen LogP contribution in [0.4, 0.5) is 13.2 Å². The van der Waals surface area contributed by atoms with Gasteiger partial charge in [0, 0.05) is 5.56 Å². The van der Waals surface area contributed by atoms with Crippen molar-refractivity contribution in [2.75, 3.05) is 0 Å². The lowest BCUT2D eigenvalue weighted by Gasteiger charge is -2.08. The molecule has 0 aliphatic rings. The quantitative estimate of drug-likeness (QED) is 0.769. The van der Waals surface area contributed by atoms with E-state index in [2.05, 4.69) is 10.1 Å². The van der Waals surface area contributed by atoms with E-state index in [1.807, 2.05) is 0 Å². The van der Waals surface area contributed by atoms with E-state index in [9.17, 15) is 13.2 Å². The van der Waals surface area contributed by atoms with Crippen LogP contribution in [0.2, 0.25) is 0 Å². The van der Waals surface area contributed by atoms with Gasteiger partial charge >= 0.3 is 6.18 Å². The van der Waals surface area contributed by atoms with Crippen molar-refractivity contribution in [3.63, 3.8) is 0 Å². The molecule has 2 aromatic rings. The van der Waals surface area contributed by atoms with Crippen LogP contribution in [0, 0.1) is 13.8 Å². The molecule has 0 aliphatic heterocycles. The Morgan fingerprint density at radius 3 is 2.41 bits per heavy atom. The minimum Gasteiger partial charge on any atom is -0.334 e. The van der Waals surface area contributed by atoms with E-state index < -0.39 is 11.7 Å². The molecule has 90 valence electrons. The Morgan fingerprint density at radius 1 is 1.18 bits per heavy atom. The summed E-state index contributed by atoms with van der Waals surface area (Å²) in [6.45, 7) is 3.30. The zero-order valence-corrected chi connectivity index (χ0v) is 9.17. The van der Waals surface area contributed by atoms with Gasteiger partial charge in [-0.05, 0) is 31.5 Å². The van der Waals surface area contributed by atoms with Crippen molar-refractivity contribution in [1.29, 1.82) is 0 Å². The second kappa shape index (κ2) is 3.87. The van der Waals surface area contributed by atoms with E-state index in [1.165, 1.54) is 6.07 Å². The highest BCUT2D eigenvalue weighted by Gasteiger charge is 2.31. The Bertz CT molecular complexity index is 546. The maximum atomic E-state index is 12.6. The molecular weight excluding hydrogens is 233 g/mol. The van der Waals surface area contributed by atoms with E-state index in [0.29, 0.717) is 17.0 Å². The zero-order valence-electron chi connectivity index (χ0n) is 9.17. The third kappa shape index (κ3) is 2.30. The van der Waals surface area contributed by atoms with E-state index in [4.69, 9.17) is 4.52 Å². The molecule has 0 radical (unpaired) electrons. The Kier molecular flexibility index (Phi) is 2.65. The number of rotatable bonds is 1. The Morgan fingerprint density at radius 2 is 1.88 bits per heavy atom. The van der Waals surface area contributed by atoms with Crippen LogP contribution in [-0.2, 0) is 6.18 Å². The normalized spacial score (nSPS) is 11.8. The standard InChI is InChI=1S/C11H9F3N2O/c1-6-3-4-8(11(12,13)14)5-9(6)10-15-7(2)16-17-10/h3-5H,1-2H3. The average molecular weight is 242 g/mol. The van der Waals surface area contributed by atoms with Crippen LogP contribution < -0.4 is 0 Å². The average Bonchev–Trinajstić information content (AvgIpc) is 2.63. The van der Waals surface area contributed by atoms with Crippen molar-refractivity contribution in [1.82, 2.24) is 10.1 Å². The van der Waals surface area contributed by atoms with E-state index in [1.54, 1.807) is 13.8 Å². The number of aromatic nitrogens is 2. The molecule has 0 bridgehead atoms. The highest BCUT2D eigenvalue weighted by Crippen LogP contribution is 2.33. The number of aryl methyl sites for hydroxylation is 2. The van der Waals surface area contributed by atoms with Gasteiger partial charge in [-0.15, -0.1) is 0 Å². The van der Waals surface area contributed by atoms with Gasteiger partial charge in [0.15, 0.2) is 5.82 Å². The van der Waals surface area contributed by atoms with Crippen LogP contribution in [0.1, 0.15) is 17.0 Å². The number of halogens is 3. The summed E-state index contributed by atoms with van der Waals surface area (Å²) in [5.41, 5.74) is 0.232. The van der Waals surface area contributed by atoms with Gasteiger partial charge in [-0.25, -0.2) is 0 Å². The molecule has 1 heterocycles. The first-order chi connectivity index (χ1) is 7.88. The van der Waals surface area contributed by atoms with Gasteiger partial charge in [-0.2, -0.15) is 18.2 Å². The van der Waals surface area contributed by atoms with Crippen molar-refractivity contribution >= 4 is 0 Å². The SMILES string of the molecule is Cc1noc(-c2cc(C(F)(F)F)ccc2C)n1. The fourth-order valence-electron chi connectivity index (χ4n) is 1.44. The first kappa shape index (κ1) is 11.6. The van der Waals surface area contributed by atoms with Crippen LogP contribution in [0.5, 0.6) is 0 Å². The Labute approximate surface area is 95.3 Å². The molecule has 0 N–H and O–H groups in total. The third-order valence-electron chi connectivity index (χ3n) is 2.32. The van der Waals surface area contributed by atoms with Crippen LogP contribution in [0.3, 0.4) is 0 Å².